The van der Waals surface area contributed by atoms with Gasteiger partial charge in [-0.3, -0.25) is 4.79 Å². The van der Waals surface area contributed by atoms with Crippen molar-refractivity contribution < 1.29 is 9.53 Å². The first-order chi connectivity index (χ1) is 5.72. The summed E-state index contributed by atoms with van der Waals surface area (Å²) < 4.78 is 4.52. The average Bonchev–Trinajstić information content (AvgIpc) is 2.10. The summed E-state index contributed by atoms with van der Waals surface area (Å²) >= 11 is 1.62. The molecule has 0 aromatic rings. The van der Waals surface area contributed by atoms with Gasteiger partial charge in [0.15, 0.2) is 6.61 Å². The van der Waals surface area contributed by atoms with E-state index in [9.17, 15) is 4.79 Å². The zero-order chi connectivity index (χ0) is 9.40. The molecular weight excluding hydrogens is 176 g/mol. The number of carbonyl (C=O) groups excluding carboxylic acids is 1. The SMILES string of the molecule is CSCCC(N)C(=O)OCC#N. The van der Waals surface area contributed by atoms with E-state index in [0.717, 1.165) is 5.75 Å². The maximum Gasteiger partial charge on any atom is 0.323 e. The lowest BCUT2D eigenvalue weighted by atomic mass is 10.2. The van der Waals surface area contributed by atoms with Crippen LogP contribution in [0.4, 0.5) is 0 Å². The molecule has 0 heterocycles. The molecule has 0 spiro atoms. The number of hydrogen-bond donors (Lipinski definition) is 1. The van der Waals surface area contributed by atoms with Crippen LogP contribution in [0.5, 0.6) is 0 Å². The average molecular weight is 188 g/mol. The molecule has 0 amide bonds. The molecule has 4 nitrogen and oxygen atoms in total. The predicted octanol–water partition coefficient (Wildman–Crippen LogP) is 0.134. The Morgan fingerprint density at radius 1 is 1.83 bits per heavy atom. The fraction of sp³-hybridized carbons (Fsp3) is 0.714. The summed E-state index contributed by atoms with van der Waals surface area (Å²) in [7, 11) is 0. The Morgan fingerprint density at radius 2 is 2.50 bits per heavy atom. The molecule has 68 valence electrons. The van der Waals surface area contributed by atoms with E-state index in [1.807, 2.05) is 6.26 Å². The number of thioether (sulfide) groups is 1. The van der Waals surface area contributed by atoms with Crippen LogP contribution >= 0.6 is 11.8 Å². The van der Waals surface area contributed by atoms with Crippen molar-refractivity contribution in [1.29, 1.82) is 5.26 Å². The van der Waals surface area contributed by atoms with Crippen LogP contribution in [0.15, 0.2) is 0 Å². The minimum Gasteiger partial charge on any atom is -0.449 e. The highest BCUT2D eigenvalue weighted by Gasteiger charge is 2.13. The zero-order valence-electron chi connectivity index (χ0n) is 6.95. The minimum atomic E-state index is -0.592. The van der Waals surface area contributed by atoms with Crippen molar-refractivity contribution >= 4 is 17.7 Å². The molecule has 0 saturated carbocycles. The maximum absolute atomic E-state index is 10.9. The third-order valence-electron chi connectivity index (χ3n) is 1.21. The Bertz CT molecular complexity index is 179. The summed E-state index contributed by atoms with van der Waals surface area (Å²) in [6.07, 6.45) is 2.53. The quantitative estimate of drug-likeness (QED) is 0.621. The Kier molecular flexibility index (Phi) is 6.53. The summed E-state index contributed by atoms with van der Waals surface area (Å²) in [6, 6.07) is 1.11. The zero-order valence-corrected chi connectivity index (χ0v) is 7.76. The van der Waals surface area contributed by atoms with Gasteiger partial charge in [0, 0.05) is 0 Å². The van der Waals surface area contributed by atoms with Gasteiger partial charge >= 0.3 is 5.97 Å². The summed E-state index contributed by atoms with van der Waals surface area (Å²) in [5, 5.41) is 8.10. The lowest BCUT2D eigenvalue weighted by molar-refractivity contribution is -0.143. The minimum absolute atomic E-state index is 0.216. The summed E-state index contributed by atoms with van der Waals surface area (Å²) in [6.45, 7) is -0.216. The first kappa shape index (κ1) is 11.3. The molecule has 0 aliphatic carbocycles. The van der Waals surface area contributed by atoms with E-state index >= 15 is 0 Å². The van der Waals surface area contributed by atoms with Crippen molar-refractivity contribution in [3.63, 3.8) is 0 Å². The number of carbonyl (C=O) groups is 1. The molecule has 0 aliphatic heterocycles. The second-order valence-corrected chi connectivity index (χ2v) is 3.14. The summed E-state index contributed by atoms with van der Waals surface area (Å²) in [5.41, 5.74) is 5.45. The van der Waals surface area contributed by atoms with E-state index in [1.54, 1.807) is 17.8 Å². The lowest BCUT2D eigenvalue weighted by Gasteiger charge is -2.07. The number of ether oxygens (including phenoxy) is 1. The Balaban J connectivity index is 3.55. The van der Waals surface area contributed by atoms with Gasteiger partial charge < -0.3 is 10.5 Å². The Morgan fingerprint density at radius 3 is 3.00 bits per heavy atom. The molecule has 0 radical (unpaired) electrons. The number of nitriles is 1. The predicted molar refractivity (Wildman–Crippen MR) is 47.5 cm³/mol. The van der Waals surface area contributed by atoms with Crippen molar-refractivity contribution in [2.75, 3.05) is 18.6 Å². The molecule has 1 unspecified atom stereocenters. The highest BCUT2D eigenvalue weighted by molar-refractivity contribution is 7.98. The highest BCUT2D eigenvalue weighted by atomic mass is 32.2. The molecular formula is C7H12N2O2S. The van der Waals surface area contributed by atoms with E-state index < -0.39 is 12.0 Å². The summed E-state index contributed by atoms with van der Waals surface area (Å²) in [4.78, 5) is 10.9. The van der Waals surface area contributed by atoms with E-state index in [4.69, 9.17) is 11.0 Å². The van der Waals surface area contributed by atoms with Crippen LogP contribution in [0.2, 0.25) is 0 Å². The van der Waals surface area contributed by atoms with Crippen molar-refractivity contribution in [3.05, 3.63) is 0 Å². The number of hydrogen-bond acceptors (Lipinski definition) is 5. The summed E-state index contributed by atoms with van der Waals surface area (Å²) in [5.74, 6) is 0.327. The number of rotatable bonds is 5. The highest BCUT2D eigenvalue weighted by Crippen LogP contribution is 1.99. The molecule has 0 saturated heterocycles. The van der Waals surface area contributed by atoms with Gasteiger partial charge in [0.1, 0.15) is 12.1 Å². The molecule has 0 aromatic carbocycles. The van der Waals surface area contributed by atoms with Gasteiger partial charge in [0.2, 0.25) is 0 Å². The van der Waals surface area contributed by atoms with Crippen LogP contribution in [-0.4, -0.2) is 30.6 Å². The third-order valence-corrected chi connectivity index (χ3v) is 1.86. The van der Waals surface area contributed by atoms with Crippen LogP contribution in [-0.2, 0) is 9.53 Å². The van der Waals surface area contributed by atoms with E-state index in [1.165, 1.54) is 0 Å². The molecule has 0 bridgehead atoms. The van der Waals surface area contributed by atoms with E-state index in [-0.39, 0.29) is 6.61 Å². The van der Waals surface area contributed by atoms with Crippen LogP contribution in [0.1, 0.15) is 6.42 Å². The standard InChI is InChI=1S/C7H12N2O2S/c1-12-5-2-6(9)7(10)11-4-3-8/h6H,2,4-5,9H2,1H3. The van der Waals surface area contributed by atoms with E-state index in [2.05, 4.69) is 4.74 Å². The smallest absolute Gasteiger partial charge is 0.323 e. The molecule has 1 atom stereocenters. The first-order valence-electron chi connectivity index (χ1n) is 3.50. The molecule has 12 heavy (non-hydrogen) atoms. The van der Waals surface area contributed by atoms with E-state index in [0.29, 0.717) is 6.42 Å². The van der Waals surface area contributed by atoms with Crippen LogP contribution in [0.25, 0.3) is 0 Å². The van der Waals surface area contributed by atoms with Gasteiger partial charge in [0.25, 0.3) is 0 Å². The number of esters is 1. The van der Waals surface area contributed by atoms with Gasteiger partial charge in [-0.1, -0.05) is 0 Å². The monoisotopic (exact) mass is 188 g/mol. The van der Waals surface area contributed by atoms with Crippen LogP contribution in [0, 0.1) is 11.3 Å². The normalized spacial score (nSPS) is 11.8. The molecule has 5 heteroatoms. The number of nitrogens with zero attached hydrogens (tertiary/aromatic N) is 1. The number of nitrogens with two attached hydrogens (primary N) is 1. The van der Waals surface area contributed by atoms with Crippen molar-refractivity contribution in [1.82, 2.24) is 0 Å². The topological polar surface area (TPSA) is 76.1 Å². The molecule has 2 N–H and O–H groups in total. The van der Waals surface area contributed by atoms with Gasteiger partial charge in [-0.05, 0) is 18.4 Å². The second-order valence-electron chi connectivity index (χ2n) is 2.15. The largest absolute Gasteiger partial charge is 0.449 e. The van der Waals surface area contributed by atoms with Gasteiger partial charge in [-0.25, -0.2) is 0 Å². The maximum atomic E-state index is 10.9. The fourth-order valence-electron chi connectivity index (χ4n) is 0.573. The fourth-order valence-corrected chi connectivity index (χ4v) is 1.06. The van der Waals surface area contributed by atoms with Crippen molar-refractivity contribution in [2.24, 2.45) is 5.73 Å². The van der Waals surface area contributed by atoms with Crippen molar-refractivity contribution in [3.8, 4) is 6.07 Å². The van der Waals surface area contributed by atoms with Crippen LogP contribution < -0.4 is 5.73 Å². The van der Waals surface area contributed by atoms with Gasteiger partial charge in [0.05, 0.1) is 0 Å². The Hall–Kier alpha value is -0.730. The van der Waals surface area contributed by atoms with Crippen molar-refractivity contribution in [2.45, 2.75) is 12.5 Å². The first-order valence-corrected chi connectivity index (χ1v) is 4.90. The lowest BCUT2D eigenvalue weighted by Crippen LogP contribution is -2.32. The molecule has 0 aromatic heterocycles. The van der Waals surface area contributed by atoms with Gasteiger partial charge in [-0.2, -0.15) is 17.0 Å². The third kappa shape index (κ3) is 4.99. The second kappa shape index (κ2) is 6.95. The molecule has 0 fully saturated rings. The van der Waals surface area contributed by atoms with Gasteiger partial charge in [-0.15, -0.1) is 0 Å². The molecule has 0 rings (SSSR count). The molecule has 0 aliphatic rings. The Labute approximate surface area is 76.1 Å². The van der Waals surface area contributed by atoms with Crippen LogP contribution in [0.3, 0.4) is 0 Å².